The molecule has 0 bridgehead atoms. The van der Waals surface area contributed by atoms with Gasteiger partial charge in [0, 0.05) is 18.3 Å². The molecule has 0 saturated carbocycles. The summed E-state index contributed by atoms with van der Waals surface area (Å²) >= 11 is 10.6. The molecule has 14 heteroatoms. The largest absolute Gasteiger partial charge is 0.478 e. The van der Waals surface area contributed by atoms with E-state index in [1.807, 2.05) is 48.5 Å². The van der Waals surface area contributed by atoms with Crippen molar-refractivity contribution >= 4 is 51.8 Å². The van der Waals surface area contributed by atoms with Crippen LogP contribution in [0.3, 0.4) is 0 Å². The van der Waals surface area contributed by atoms with Gasteiger partial charge in [0.1, 0.15) is 5.75 Å². The van der Waals surface area contributed by atoms with Crippen LogP contribution in [0.25, 0.3) is 5.69 Å². The van der Waals surface area contributed by atoms with Crippen LogP contribution in [0.5, 0.6) is 5.75 Å². The van der Waals surface area contributed by atoms with Gasteiger partial charge in [-0.3, -0.25) is 14.8 Å². The van der Waals surface area contributed by atoms with Crippen LogP contribution in [0.4, 0.5) is 11.4 Å². The normalized spacial score (nSPS) is 14.9. The molecule has 40 heavy (non-hydrogen) atoms. The van der Waals surface area contributed by atoms with E-state index in [0.29, 0.717) is 27.5 Å². The number of benzene rings is 3. The number of hydrogen-bond donors (Lipinski definition) is 5. The molecule has 0 spiro atoms. The topological polar surface area (TPSA) is 144 Å². The Balaban J connectivity index is 1.36. The number of sulfonamides is 1. The van der Waals surface area contributed by atoms with Crippen molar-refractivity contribution in [2.24, 2.45) is 0 Å². The molecule has 0 saturated heterocycles. The van der Waals surface area contributed by atoms with E-state index < -0.39 is 22.0 Å². The molecule has 4 aromatic rings. The molecule has 207 valence electrons. The zero-order valence-electron chi connectivity index (χ0n) is 21.1. The highest BCUT2D eigenvalue weighted by molar-refractivity contribution is 7.88. The Morgan fingerprint density at radius 2 is 1.82 bits per heavy atom. The van der Waals surface area contributed by atoms with Gasteiger partial charge in [0.2, 0.25) is 10.0 Å². The number of hydrogen-bond acceptors (Lipinski definition) is 8. The molecule has 1 aliphatic heterocycles. The zero-order chi connectivity index (χ0) is 28.4. The number of aromatic nitrogens is 3. The van der Waals surface area contributed by atoms with Crippen LogP contribution in [0.1, 0.15) is 27.5 Å². The van der Waals surface area contributed by atoms with Crippen molar-refractivity contribution in [1.82, 2.24) is 19.5 Å². The van der Waals surface area contributed by atoms with E-state index in [4.69, 9.17) is 29.2 Å². The molecule has 1 radical (unpaired) electrons. The molecule has 1 atom stereocenters. The summed E-state index contributed by atoms with van der Waals surface area (Å²) in [4.78, 5) is 13.8. The van der Waals surface area contributed by atoms with E-state index in [9.17, 15) is 18.3 Å². The molecule has 5 rings (SSSR count). The number of aromatic carboxylic acids is 1. The van der Waals surface area contributed by atoms with Gasteiger partial charge >= 0.3 is 5.97 Å². The van der Waals surface area contributed by atoms with Crippen LogP contribution >= 0.6 is 24.4 Å². The first-order valence-electron chi connectivity index (χ1n) is 12.0. The highest BCUT2D eigenvalue weighted by Crippen LogP contribution is 2.36. The quantitative estimate of drug-likeness (QED) is 0.139. The molecule has 1 aromatic heterocycles. The smallest absolute Gasteiger partial charge is 0.337 e. The third kappa shape index (κ3) is 6.09. The molecular weight excluding hydrogens is 573 g/mol. The lowest BCUT2D eigenvalue weighted by molar-refractivity contribution is 0.0697. The van der Waals surface area contributed by atoms with Crippen molar-refractivity contribution in [2.75, 3.05) is 23.2 Å². The summed E-state index contributed by atoms with van der Waals surface area (Å²) in [6, 6.07) is 18.9. The van der Waals surface area contributed by atoms with E-state index in [2.05, 4.69) is 20.2 Å². The Morgan fingerprint density at radius 1 is 1.07 bits per heavy atom. The predicted octanol–water partition coefficient (Wildman–Crippen LogP) is 4.51. The minimum Gasteiger partial charge on any atom is -0.478 e. The first-order valence-corrected chi connectivity index (χ1v) is 14.7. The van der Waals surface area contributed by atoms with E-state index in [-0.39, 0.29) is 12.3 Å². The van der Waals surface area contributed by atoms with Gasteiger partial charge in [-0.2, -0.15) is 0 Å². The monoisotopic (exact) mass is 597 g/mol. The third-order valence-electron chi connectivity index (χ3n) is 6.21. The molecule has 2 heterocycles. The highest BCUT2D eigenvalue weighted by Gasteiger charge is 2.30. The van der Waals surface area contributed by atoms with Crippen LogP contribution in [0.15, 0.2) is 66.7 Å². The number of nitrogens with zero attached hydrogens (tertiary/aromatic N) is 2. The number of carbonyl (C=O) groups is 1. The Labute approximate surface area is 240 Å². The minimum atomic E-state index is -3.54. The van der Waals surface area contributed by atoms with Gasteiger partial charge in [0.05, 0.1) is 35.8 Å². The van der Waals surface area contributed by atoms with Gasteiger partial charge in [0.25, 0.3) is 0 Å². The number of carboxylic acid groups (broad SMARTS) is 1. The van der Waals surface area contributed by atoms with Crippen LogP contribution in [0.2, 0.25) is 0 Å². The molecule has 0 fully saturated rings. The van der Waals surface area contributed by atoms with Gasteiger partial charge in [-0.25, -0.2) is 17.9 Å². The fourth-order valence-electron chi connectivity index (χ4n) is 4.49. The average molecular weight is 598 g/mol. The van der Waals surface area contributed by atoms with Gasteiger partial charge in [-0.05, 0) is 65.9 Å². The van der Waals surface area contributed by atoms with E-state index in [1.54, 1.807) is 28.1 Å². The summed E-state index contributed by atoms with van der Waals surface area (Å²) in [6.45, 7) is 2.12. The van der Waals surface area contributed by atoms with Crippen molar-refractivity contribution in [3.63, 3.8) is 0 Å². The maximum absolute atomic E-state index is 12.1. The van der Waals surface area contributed by atoms with E-state index >= 15 is 0 Å². The summed E-state index contributed by atoms with van der Waals surface area (Å²) in [7, 11) is -3.54. The van der Waals surface area contributed by atoms with Gasteiger partial charge in [0.15, 0.2) is 16.3 Å². The number of H-pyrrole nitrogens is 2. The standard InChI is InChI=1S/C26H25N6O5S3/c1-40(35,36)30-22-14-31(13-16-5-2-3-8-20(16)22)23-12-19(9-10-21(23)24(33)34)37-15-27-17-6-4-7-18(11-17)32-25(38)28-29-26(32)39/h2-12,14,22,27,30H,13,15H2,1H3,(H,28,38)(H,29,39)(H,33,34). The van der Waals surface area contributed by atoms with Crippen molar-refractivity contribution in [2.45, 2.75) is 12.6 Å². The predicted molar refractivity (Wildman–Crippen MR) is 156 cm³/mol. The van der Waals surface area contributed by atoms with Crippen LogP contribution in [-0.2, 0) is 16.6 Å². The molecule has 11 nitrogen and oxygen atoms in total. The lowest BCUT2D eigenvalue weighted by Gasteiger charge is -2.36. The van der Waals surface area contributed by atoms with Crippen molar-refractivity contribution in [3.8, 4) is 11.4 Å². The number of carboxylic acids is 1. The van der Waals surface area contributed by atoms with E-state index in [1.165, 1.54) is 6.07 Å². The number of rotatable bonds is 9. The highest BCUT2D eigenvalue weighted by atomic mass is 32.2. The van der Waals surface area contributed by atoms with Crippen molar-refractivity contribution < 1.29 is 23.1 Å². The summed E-state index contributed by atoms with van der Waals surface area (Å²) in [5, 5.41) is 18.7. The summed E-state index contributed by atoms with van der Waals surface area (Å²) in [6.07, 6.45) is 1.09. The Hall–Kier alpha value is -3.98. The average Bonchev–Trinajstić information content (AvgIpc) is 3.25. The maximum atomic E-state index is 12.1. The van der Waals surface area contributed by atoms with Gasteiger partial charge < -0.3 is 20.1 Å². The van der Waals surface area contributed by atoms with Crippen LogP contribution < -0.4 is 19.7 Å². The fraction of sp³-hybridized carbons (Fsp3) is 0.154. The molecular formula is C26H25N6O5S3. The first-order chi connectivity index (χ1) is 19.1. The van der Waals surface area contributed by atoms with Gasteiger partial charge in [-0.15, -0.1) is 0 Å². The van der Waals surface area contributed by atoms with Crippen molar-refractivity contribution in [1.29, 1.82) is 0 Å². The lowest BCUT2D eigenvalue weighted by Crippen LogP contribution is -2.38. The SMILES string of the molecule is CS(=O)(=O)NC1[CH]N(c2cc(OCNc3cccc(-n4c(=S)[nH][nH]c4=S)c3)ccc2C(=O)O)Cc2ccccc21. The van der Waals surface area contributed by atoms with Crippen LogP contribution in [-0.4, -0.2) is 47.2 Å². The van der Waals surface area contributed by atoms with E-state index in [0.717, 1.165) is 28.8 Å². The molecule has 1 unspecified atom stereocenters. The number of nitrogens with one attached hydrogen (secondary N) is 4. The maximum Gasteiger partial charge on any atom is 0.337 e. The number of ether oxygens (including phenoxy) is 1. The number of aromatic amines is 2. The molecule has 5 N–H and O–H groups in total. The second-order valence-electron chi connectivity index (χ2n) is 9.04. The van der Waals surface area contributed by atoms with Crippen molar-refractivity contribution in [3.05, 3.63) is 99.5 Å². The molecule has 1 aliphatic rings. The summed E-state index contributed by atoms with van der Waals surface area (Å²) in [5.41, 5.74) is 3.64. The van der Waals surface area contributed by atoms with Crippen LogP contribution in [0, 0.1) is 16.1 Å². The Kier molecular flexibility index (Phi) is 7.76. The van der Waals surface area contributed by atoms with Gasteiger partial charge in [-0.1, -0.05) is 30.3 Å². The Bertz CT molecular complexity index is 1770. The summed E-state index contributed by atoms with van der Waals surface area (Å²) in [5.74, 6) is -0.683. The first kappa shape index (κ1) is 27.6. The summed E-state index contributed by atoms with van der Waals surface area (Å²) < 4.78 is 35.2. The lowest BCUT2D eigenvalue weighted by atomic mass is 9.95. The zero-order valence-corrected chi connectivity index (χ0v) is 23.6. The molecule has 0 aliphatic carbocycles. The second kappa shape index (κ2) is 11.3. The molecule has 0 amide bonds. The minimum absolute atomic E-state index is 0.0570. The molecule has 3 aromatic carbocycles. The third-order valence-corrected chi connectivity index (χ3v) is 7.46. The number of fused-ring (bicyclic) bond motifs is 1. The Morgan fingerprint density at radius 3 is 2.55 bits per heavy atom. The second-order valence-corrected chi connectivity index (χ2v) is 11.6. The fourth-order valence-corrected chi connectivity index (χ4v) is 5.69. The number of anilines is 2.